The number of fused-ring (bicyclic) bond motifs is 1. The standard InChI is InChI=1S/C14H16N2O4/c1-20-11-4-2-9(3-5-11)12-7-14(17)15-8-10(16(18)19)6-13(12)15/h2-5,10,12-13H,6-8H2,1H3/t10-,12-,13-/m1/s1. The molecule has 2 heterocycles. The van der Waals surface area contributed by atoms with Crippen molar-refractivity contribution in [2.75, 3.05) is 13.7 Å². The van der Waals surface area contributed by atoms with Crippen molar-refractivity contribution in [2.24, 2.45) is 0 Å². The van der Waals surface area contributed by atoms with Crippen LogP contribution in [0.4, 0.5) is 0 Å². The predicted molar refractivity (Wildman–Crippen MR) is 71.3 cm³/mol. The first-order valence-corrected chi connectivity index (χ1v) is 6.67. The maximum absolute atomic E-state index is 12.0. The summed E-state index contributed by atoms with van der Waals surface area (Å²) < 4.78 is 5.12. The second-order valence-corrected chi connectivity index (χ2v) is 5.37. The molecule has 2 fully saturated rings. The lowest BCUT2D eigenvalue weighted by atomic mass is 9.90. The number of methoxy groups -OCH3 is 1. The number of hydrogen-bond donors (Lipinski definition) is 0. The van der Waals surface area contributed by atoms with E-state index in [2.05, 4.69) is 0 Å². The molecule has 3 rings (SSSR count). The Kier molecular flexibility index (Phi) is 3.08. The second kappa shape index (κ2) is 4.77. The highest BCUT2D eigenvalue weighted by molar-refractivity contribution is 5.81. The largest absolute Gasteiger partial charge is 0.497 e. The molecule has 6 nitrogen and oxygen atoms in total. The highest BCUT2D eigenvalue weighted by Crippen LogP contribution is 2.41. The molecule has 0 unspecified atom stereocenters. The predicted octanol–water partition coefficient (Wildman–Crippen LogP) is 1.43. The van der Waals surface area contributed by atoms with Crippen LogP contribution in [-0.2, 0) is 4.79 Å². The molecule has 6 heteroatoms. The van der Waals surface area contributed by atoms with E-state index < -0.39 is 6.04 Å². The molecule has 20 heavy (non-hydrogen) atoms. The molecule has 106 valence electrons. The van der Waals surface area contributed by atoms with Crippen LogP contribution in [-0.4, -0.2) is 41.5 Å². The average Bonchev–Trinajstić information content (AvgIpc) is 3.00. The first-order valence-electron chi connectivity index (χ1n) is 6.67. The average molecular weight is 276 g/mol. The number of nitro groups is 1. The third-order valence-corrected chi connectivity index (χ3v) is 4.34. The van der Waals surface area contributed by atoms with Crippen LogP contribution < -0.4 is 4.74 Å². The van der Waals surface area contributed by atoms with Crippen molar-refractivity contribution in [1.29, 1.82) is 0 Å². The fraction of sp³-hybridized carbons (Fsp3) is 0.500. The molecule has 0 saturated carbocycles. The Morgan fingerprint density at radius 1 is 1.35 bits per heavy atom. The van der Waals surface area contributed by atoms with E-state index in [0.717, 1.165) is 11.3 Å². The summed E-state index contributed by atoms with van der Waals surface area (Å²) in [6.45, 7) is 0.253. The monoisotopic (exact) mass is 276 g/mol. The van der Waals surface area contributed by atoms with Crippen LogP contribution in [0.2, 0.25) is 0 Å². The molecule has 2 aliphatic rings. The Hall–Kier alpha value is -2.11. The lowest BCUT2D eigenvalue weighted by molar-refractivity contribution is -0.518. The fourth-order valence-electron chi connectivity index (χ4n) is 3.30. The molecule has 1 aromatic carbocycles. The second-order valence-electron chi connectivity index (χ2n) is 5.37. The van der Waals surface area contributed by atoms with Gasteiger partial charge < -0.3 is 9.64 Å². The van der Waals surface area contributed by atoms with Crippen molar-refractivity contribution < 1.29 is 14.5 Å². The lowest BCUT2D eigenvalue weighted by Crippen LogP contribution is -2.30. The maximum Gasteiger partial charge on any atom is 0.232 e. The van der Waals surface area contributed by atoms with E-state index in [0.29, 0.717) is 12.8 Å². The van der Waals surface area contributed by atoms with Gasteiger partial charge in [-0.3, -0.25) is 14.9 Å². The molecule has 0 aliphatic carbocycles. The Balaban J connectivity index is 1.83. The Morgan fingerprint density at radius 3 is 2.65 bits per heavy atom. The number of rotatable bonds is 3. The molecule has 0 spiro atoms. The summed E-state index contributed by atoms with van der Waals surface area (Å²) in [7, 11) is 1.61. The van der Waals surface area contributed by atoms with E-state index in [-0.39, 0.29) is 29.3 Å². The van der Waals surface area contributed by atoms with E-state index in [9.17, 15) is 14.9 Å². The Bertz CT molecular complexity index is 543. The van der Waals surface area contributed by atoms with E-state index in [1.54, 1.807) is 12.0 Å². The number of carbonyl (C=O) groups is 1. The molecule has 0 bridgehead atoms. The van der Waals surface area contributed by atoms with Crippen LogP contribution in [0.1, 0.15) is 24.3 Å². The number of amides is 1. The van der Waals surface area contributed by atoms with Gasteiger partial charge in [-0.15, -0.1) is 0 Å². The van der Waals surface area contributed by atoms with Gasteiger partial charge in [-0.05, 0) is 17.7 Å². The third kappa shape index (κ3) is 2.01. The minimum absolute atomic E-state index is 0.0279. The summed E-state index contributed by atoms with van der Waals surface area (Å²) in [5, 5.41) is 10.9. The highest BCUT2D eigenvalue weighted by Gasteiger charge is 2.50. The van der Waals surface area contributed by atoms with Gasteiger partial charge in [-0.1, -0.05) is 12.1 Å². The van der Waals surface area contributed by atoms with Crippen molar-refractivity contribution in [3.63, 3.8) is 0 Å². The van der Waals surface area contributed by atoms with Gasteiger partial charge in [0.25, 0.3) is 0 Å². The van der Waals surface area contributed by atoms with Gasteiger partial charge in [-0.25, -0.2) is 0 Å². The maximum atomic E-state index is 12.0. The van der Waals surface area contributed by atoms with Crippen LogP contribution >= 0.6 is 0 Å². The zero-order valence-electron chi connectivity index (χ0n) is 11.2. The third-order valence-electron chi connectivity index (χ3n) is 4.34. The van der Waals surface area contributed by atoms with Crippen molar-refractivity contribution >= 4 is 5.91 Å². The first kappa shape index (κ1) is 12.9. The van der Waals surface area contributed by atoms with Gasteiger partial charge in [0.1, 0.15) is 5.75 Å². The smallest absolute Gasteiger partial charge is 0.232 e. The first-order chi connectivity index (χ1) is 9.60. The van der Waals surface area contributed by atoms with Crippen molar-refractivity contribution in [2.45, 2.75) is 30.8 Å². The molecule has 0 radical (unpaired) electrons. The summed E-state index contributed by atoms with van der Waals surface area (Å²) in [6.07, 6.45) is 0.900. The van der Waals surface area contributed by atoms with E-state index in [4.69, 9.17) is 4.74 Å². The van der Waals surface area contributed by atoms with Gasteiger partial charge in [0.05, 0.1) is 13.7 Å². The molecule has 0 N–H and O–H groups in total. The zero-order valence-corrected chi connectivity index (χ0v) is 11.2. The van der Waals surface area contributed by atoms with Crippen molar-refractivity contribution in [3.05, 3.63) is 39.9 Å². The molecule has 2 aliphatic heterocycles. The molecule has 0 aromatic heterocycles. The van der Waals surface area contributed by atoms with Crippen LogP contribution in [0.5, 0.6) is 5.75 Å². The van der Waals surface area contributed by atoms with Gasteiger partial charge >= 0.3 is 0 Å². The van der Waals surface area contributed by atoms with Crippen molar-refractivity contribution in [1.82, 2.24) is 4.90 Å². The molecule has 3 atom stereocenters. The normalized spacial score (nSPS) is 28.6. The summed E-state index contributed by atoms with van der Waals surface area (Å²) in [5.74, 6) is 0.850. The van der Waals surface area contributed by atoms with Crippen LogP contribution in [0.15, 0.2) is 24.3 Å². The van der Waals surface area contributed by atoms with Gasteiger partial charge in [0.15, 0.2) is 0 Å². The summed E-state index contributed by atoms with van der Waals surface area (Å²) >= 11 is 0. The topological polar surface area (TPSA) is 72.7 Å². The van der Waals surface area contributed by atoms with E-state index >= 15 is 0 Å². The minimum atomic E-state index is -0.620. The molecule has 1 aromatic rings. The summed E-state index contributed by atoms with van der Waals surface area (Å²) in [5.41, 5.74) is 1.05. The highest BCUT2D eigenvalue weighted by atomic mass is 16.6. The quantitative estimate of drug-likeness (QED) is 0.618. The van der Waals surface area contributed by atoms with Crippen molar-refractivity contribution in [3.8, 4) is 5.75 Å². The van der Waals surface area contributed by atoms with Gasteiger partial charge in [0, 0.05) is 29.7 Å². The Labute approximate surface area is 116 Å². The van der Waals surface area contributed by atoms with Crippen LogP contribution in [0, 0.1) is 10.1 Å². The number of hydrogen-bond acceptors (Lipinski definition) is 4. The van der Waals surface area contributed by atoms with E-state index in [1.807, 2.05) is 24.3 Å². The lowest BCUT2D eigenvalue weighted by Gasteiger charge is -2.19. The van der Waals surface area contributed by atoms with Crippen LogP contribution in [0.3, 0.4) is 0 Å². The van der Waals surface area contributed by atoms with Crippen LogP contribution in [0.25, 0.3) is 0 Å². The minimum Gasteiger partial charge on any atom is -0.497 e. The summed E-state index contributed by atoms with van der Waals surface area (Å²) in [4.78, 5) is 24.3. The molecular weight excluding hydrogens is 260 g/mol. The number of carbonyl (C=O) groups excluding carboxylic acids is 1. The summed E-state index contributed by atoms with van der Waals surface area (Å²) in [6, 6.07) is 6.96. The number of nitrogens with zero attached hydrogens (tertiary/aromatic N) is 2. The zero-order chi connectivity index (χ0) is 14.3. The van der Waals surface area contributed by atoms with E-state index in [1.165, 1.54) is 0 Å². The molecular formula is C14H16N2O4. The number of benzene rings is 1. The molecule has 1 amide bonds. The van der Waals surface area contributed by atoms with Gasteiger partial charge in [-0.2, -0.15) is 0 Å². The number of ether oxygens (including phenoxy) is 1. The fourth-order valence-corrected chi connectivity index (χ4v) is 3.30. The molecule has 2 saturated heterocycles. The SMILES string of the molecule is COc1ccc([C@H]2CC(=O)N3C[C@H]([N+](=O)[O-])C[C@H]23)cc1. The Morgan fingerprint density at radius 2 is 2.05 bits per heavy atom. The van der Waals surface area contributed by atoms with Gasteiger partial charge in [0.2, 0.25) is 11.9 Å².